The monoisotopic (exact) mass is 405 g/mol. The van der Waals surface area contributed by atoms with Crippen LogP contribution in [0.15, 0.2) is 36.4 Å². The van der Waals surface area contributed by atoms with Crippen LogP contribution in [-0.2, 0) is 6.18 Å². The van der Waals surface area contributed by atoms with Crippen molar-refractivity contribution >= 4 is 61.6 Å². The molecule has 130 valence electrons. The molecular formula is C15H8Cl2F3N3OS. The van der Waals surface area contributed by atoms with E-state index in [0.29, 0.717) is 10.5 Å². The number of rotatable bonds is 2. The standard InChI is InChI=1S/C15H8Cl2F3N3OS/c16-9-5-4-7(6-8(9)15(18,19)20)21-13(24)23-14-22-12-10(17)2-1-3-11(12)25-14/h1-6H,(H2,21,22,23,24). The first-order valence-electron chi connectivity index (χ1n) is 6.74. The Morgan fingerprint density at radius 3 is 2.52 bits per heavy atom. The largest absolute Gasteiger partial charge is 0.417 e. The number of urea groups is 1. The van der Waals surface area contributed by atoms with E-state index in [9.17, 15) is 18.0 Å². The van der Waals surface area contributed by atoms with Crippen LogP contribution in [0.2, 0.25) is 10.0 Å². The molecule has 1 aromatic heterocycles. The van der Waals surface area contributed by atoms with Crippen LogP contribution in [0, 0.1) is 0 Å². The van der Waals surface area contributed by atoms with Crippen LogP contribution in [0.1, 0.15) is 5.56 Å². The van der Waals surface area contributed by atoms with Crippen molar-refractivity contribution in [1.82, 2.24) is 4.98 Å². The number of hydrogen-bond donors (Lipinski definition) is 2. The van der Waals surface area contributed by atoms with E-state index in [1.807, 2.05) is 0 Å². The second-order valence-corrected chi connectivity index (χ2v) is 6.72. The lowest BCUT2D eigenvalue weighted by molar-refractivity contribution is -0.137. The number of benzene rings is 2. The molecule has 2 amide bonds. The maximum absolute atomic E-state index is 12.8. The van der Waals surface area contributed by atoms with Gasteiger partial charge >= 0.3 is 12.2 Å². The Kier molecular flexibility index (Phi) is 4.77. The maximum atomic E-state index is 12.8. The Bertz CT molecular complexity index is 959. The van der Waals surface area contributed by atoms with Gasteiger partial charge < -0.3 is 5.32 Å². The molecular weight excluding hydrogens is 398 g/mol. The zero-order chi connectivity index (χ0) is 18.2. The predicted octanol–water partition coefficient (Wildman–Crippen LogP) is 6.27. The van der Waals surface area contributed by atoms with Crippen LogP contribution in [0.4, 0.5) is 28.8 Å². The number of hydrogen-bond acceptors (Lipinski definition) is 3. The first-order valence-corrected chi connectivity index (χ1v) is 8.31. The second kappa shape index (κ2) is 6.70. The van der Waals surface area contributed by atoms with Crippen LogP contribution in [-0.4, -0.2) is 11.0 Å². The summed E-state index contributed by atoms with van der Waals surface area (Å²) >= 11 is 12.7. The van der Waals surface area contributed by atoms with Crippen molar-refractivity contribution in [3.05, 3.63) is 52.0 Å². The first-order chi connectivity index (χ1) is 11.7. The Morgan fingerprint density at radius 2 is 1.84 bits per heavy atom. The molecule has 0 aliphatic carbocycles. The molecule has 0 spiro atoms. The molecule has 3 rings (SSSR count). The highest BCUT2D eigenvalue weighted by atomic mass is 35.5. The average Bonchev–Trinajstić information content (AvgIpc) is 2.92. The van der Waals surface area contributed by atoms with Crippen molar-refractivity contribution in [2.75, 3.05) is 10.6 Å². The number of para-hydroxylation sites is 1. The molecule has 0 saturated carbocycles. The number of carbonyl (C=O) groups excluding carboxylic acids is 1. The molecule has 10 heteroatoms. The number of fused-ring (bicyclic) bond motifs is 1. The quantitative estimate of drug-likeness (QED) is 0.527. The number of nitrogens with one attached hydrogen (secondary N) is 2. The topological polar surface area (TPSA) is 54.0 Å². The van der Waals surface area contributed by atoms with Gasteiger partial charge in [-0.15, -0.1) is 0 Å². The summed E-state index contributed by atoms with van der Waals surface area (Å²) in [5.41, 5.74) is -0.539. The molecule has 2 aromatic carbocycles. The van der Waals surface area contributed by atoms with Gasteiger partial charge in [0.25, 0.3) is 0 Å². The molecule has 0 bridgehead atoms. The summed E-state index contributed by atoms with van der Waals surface area (Å²) in [4.78, 5) is 16.2. The average molecular weight is 406 g/mol. The molecule has 3 aromatic rings. The van der Waals surface area contributed by atoms with Gasteiger partial charge in [-0.2, -0.15) is 13.2 Å². The highest BCUT2D eigenvalue weighted by Crippen LogP contribution is 2.36. The summed E-state index contributed by atoms with van der Waals surface area (Å²) in [7, 11) is 0. The minimum absolute atomic E-state index is 0.0478. The third-order valence-corrected chi connectivity index (χ3v) is 4.69. The molecule has 0 radical (unpaired) electrons. The number of halogens is 5. The molecule has 0 saturated heterocycles. The van der Waals surface area contributed by atoms with Gasteiger partial charge in [0.05, 0.1) is 20.3 Å². The fraction of sp³-hybridized carbons (Fsp3) is 0.0667. The normalized spacial score (nSPS) is 11.6. The number of carbonyl (C=O) groups is 1. The van der Waals surface area contributed by atoms with Crippen molar-refractivity contribution in [1.29, 1.82) is 0 Å². The van der Waals surface area contributed by atoms with Crippen LogP contribution in [0.5, 0.6) is 0 Å². The molecule has 1 heterocycles. The lowest BCUT2D eigenvalue weighted by Crippen LogP contribution is -2.19. The molecule has 2 N–H and O–H groups in total. The summed E-state index contributed by atoms with van der Waals surface area (Å²) in [5.74, 6) is 0. The summed E-state index contributed by atoms with van der Waals surface area (Å²) in [6.45, 7) is 0. The van der Waals surface area contributed by atoms with Gasteiger partial charge in [0.1, 0.15) is 5.52 Å². The zero-order valence-corrected chi connectivity index (χ0v) is 14.4. The van der Waals surface area contributed by atoms with E-state index < -0.39 is 22.8 Å². The van der Waals surface area contributed by atoms with Crippen molar-refractivity contribution in [2.24, 2.45) is 0 Å². The molecule has 0 aliphatic heterocycles. The lowest BCUT2D eigenvalue weighted by Gasteiger charge is -2.11. The molecule has 25 heavy (non-hydrogen) atoms. The number of anilines is 2. The van der Waals surface area contributed by atoms with E-state index in [2.05, 4.69) is 15.6 Å². The van der Waals surface area contributed by atoms with E-state index >= 15 is 0 Å². The number of thiazole rings is 1. The van der Waals surface area contributed by atoms with Crippen LogP contribution < -0.4 is 10.6 Å². The highest BCUT2D eigenvalue weighted by molar-refractivity contribution is 7.22. The number of alkyl halides is 3. The Labute approximate surface area is 153 Å². The zero-order valence-electron chi connectivity index (χ0n) is 12.1. The minimum Gasteiger partial charge on any atom is -0.308 e. The molecule has 0 aliphatic rings. The lowest BCUT2D eigenvalue weighted by atomic mass is 10.2. The number of aromatic nitrogens is 1. The minimum atomic E-state index is -4.62. The fourth-order valence-electron chi connectivity index (χ4n) is 2.05. The summed E-state index contributed by atoms with van der Waals surface area (Å²) in [5, 5.41) is 5.04. The van der Waals surface area contributed by atoms with Crippen LogP contribution in [0.25, 0.3) is 10.2 Å². The fourth-order valence-corrected chi connectivity index (χ4v) is 3.43. The predicted molar refractivity (Wildman–Crippen MR) is 93.7 cm³/mol. The van der Waals surface area contributed by atoms with E-state index in [0.717, 1.165) is 16.8 Å². The van der Waals surface area contributed by atoms with Crippen molar-refractivity contribution in [3.63, 3.8) is 0 Å². The smallest absolute Gasteiger partial charge is 0.308 e. The first kappa shape index (κ1) is 17.8. The van der Waals surface area contributed by atoms with Crippen molar-refractivity contribution in [3.8, 4) is 0 Å². The number of nitrogens with zero attached hydrogens (tertiary/aromatic N) is 1. The van der Waals surface area contributed by atoms with Gasteiger partial charge in [-0.3, -0.25) is 5.32 Å². The van der Waals surface area contributed by atoms with Gasteiger partial charge in [-0.1, -0.05) is 40.6 Å². The summed E-state index contributed by atoms with van der Waals surface area (Å²) in [6, 6.07) is 7.57. The van der Waals surface area contributed by atoms with Crippen LogP contribution in [0.3, 0.4) is 0 Å². The summed E-state index contributed by atoms with van der Waals surface area (Å²) < 4.78 is 39.3. The maximum Gasteiger partial charge on any atom is 0.417 e. The van der Waals surface area contributed by atoms with Crippen molar-refractivity contribution < 1.29 is 18.0 Å². The van der Waals surface area contributed by atoms with E-state index in [1.165, 1.54) is 17.4 Å². The third-order valence-electron chi connectivity index (χ3n) is 3.12. The molecule has 4 nitrogen and oxygen atoms in total. The highest BCUT2D eigenvalue weighted by Gasteiger charge is 2.33. The van der Waals surface area contributed by atoms with Gasteiger partial charge in [0, 0.05) is 5.69 Å². The van der Waals surface area contributed by atoms with E-state index in [1.54, 1.807) is 18.2 Å². The van der Waals surface area contributed by atoms with Gasteiger partial charge in [-0.25, -0.2) is 9.78 Å². The van der Waals surface area contributed by atoms with Crippen LogP contribution >= 0.6 is 34.5 Å². The second-order valence-electron chi connectivity index (χ2n) is 4.88. The Morgan fingerprint density at radius 1 is 1.08 bits per heavy atom. The van der Waals surface area contributed by atoms with Crippen molar-refractivity contribution in [2.45, 2.75) is 6.18 Å². The van der Waals surface area contributed by atoms with E-state index in [-0.39, 0.29) is 10.8 Å². The molecule has 0 atom stereocenters. The molecule has 0 fully saturated rings. The molecule has 0 unspecified atom stereocenters. The number of amides is 2. The Hall–Kier alpha value is -2.03. The summed E-state index contributed by atoms with van der Waals surface area (Å²) in [6.07, 6.45) is -4.62. The van der Waals surface area contributed by atoms with E-state index in [4.69, 9.17) is 23.2 Å². The SMILES string of the molecule is O=C(Nc1ccc(Cl)c(C(F)(F)F)c1)Nc1nc2c(Cl)cccc2s1. The van der Waals surface area contributed by atoms with Gasteiger partial charge in [0.2, 0.25) is 0 Å². The third kappa shape index (κ3) is 3.97. The van der Waals surface area contributed by atoms with Gasteiger partial charge in [-0.05, 0) is 30.3 Å². The Balaban J connectivity index is 1.77. The van der Waals surface area contributed by atoms with Gasteiger partial charge in [0.15, 0.2) is 5.13 Å².